The Morgan fingerprint density at radius 1 is 1.00 bits per heavy atom. The van der Waals surface area contributed by atoms with Crippen LogP contribution in [-0.4, -0.2) is 8.42 Å². The highest BCUT2D eigenvalue weighted by atomic mass is 79.9. The highest BCUT2D eigenvalue weighted by Crippen LogP contribution is 2.27. The largest absolute Gasteiger partial charge is 0.218 e. The Morgan fingerprint density at radius 2 is 1.62 bits per heavy atom. The molecule has 0 saturated carbocycles. The van der Waals surface area contributed by atoms with E-state index < -0.39 is 9.84 Å². The van der Waals surface area contributed by atoms with Crippen molar-refractivity contribution < 1.29 is 8.42 Å². The second-order valence-corrected chi connectivity index (χ2v) is 5.94. The maximum Gasteiger partial charge on any atom is 0.207 e. The summed E-state index contributed by atoms with van der Waals surface area (Å²) in [6.07, 6.45) is 0. The van der Waals surface area contributed by atoms with Gasteiger partial charge in [-0.2, -0.15) is 0 Å². The second kappa shape index (κ2) is 4.39. The molecule has 0 amide bonds. The van der Waals surface area contributed by atoms with Crippen LogP contribution in [0.1, 0.15) is 0 Å². The summed E-state index contributed by atoms with van der Waals surface area (Å²) in [5.74, 6) is 0. The van der Waals surface area contributed by atoms with E-state index in [0.717, 1.165) is 0 Å². The summed E-state index contributed by atoms with van der Waals surface area (Å²) in [6.45, 7) is 0. The molecule has 0 bridgehead atoms. The van der Waals surface area contributed by atoms with Crippen LogP contribution in [0.4, 0.5) is 0 Å². The van der Waals surface area contributed by atoms with Crippen molar-refractivity contribution in [2.45, 2.75) is 9.79 Å². The number of hydrogen-bond donors (Lipinski definition) is 0. The van der Waals surface area contributed by atoms with Gasteiger partial charge < -0.3 is 0 Å². The molecule has 2 aromatic carbocycles. The minimum atomic E-state index is -3.44. The molecule has 0 fully saturated rings. The molecule has 0 atom stereocenters. The highest BCUT2D eigenvalue weighted by Gasteiger charge is 2.19. The van der Waals surface area contributed by atoms with E-state index >= 15 is 0 Å². The zero-order valence-electron chi connectivity index (χ0n) is 8.22. The van der Waals surface area contributed by atoms with Crippen molar-refractivity contribution in [1.29, 1.82) is 0 Å². The molecule has 1 radical (unpaired) electrons. The number of halogens is 1. The fourth-order valence-corrected chi connectivity index (χ4v) is 3.60. The van der Waals surface area contributed by atoms with Gasteiger partial charge in [-0.3, -0.25) is 0 Å². The van der Waals surface area contributed by atoms with Crippen LogP contribution in [0.3, 0.4) is 0 Å². The van der Waals surface area contributed by atoms with Gasteiger partial charge in [-0.1, -0.05) is 24.3 Å². The van der Waals surface area contributed by atoms with Gasteiger partial charge in [0.1, 0.15) is 0 Å². The molecule has 2 rings (SSSR count). The average Bonchev–Trinajstić information content (AvgIpc) is 2.30. The fourth-order valence-electron chi connectivity index (χ4n) is 1.34. The van der Waals surface area contributed by atoms with Crippen LogP contribution in [0, 0.1) is 6.07 Å². The van der Waals surface area contributed by atoms with Gasteiger partial charge in [0.05, 0.1) is 9.79 Å². The predicted molar refractivity (Wildman–Crippen MR) is 64.9 cm³/mol. The summed E-state index contributed by atoms with van der Waals surface area (Å²) in [5, 5.41) is 0. The topological polar surface area (TPSA) is 34.1 Å². The van der Waals surface area contributed by atoms with Crippen molar-refractivity contribution in [3.05, 3.63) is 59.1 Å². The van der Waals surface area contributed by atoms with Crippen LogP contribution < -0.4 is 0 Å². The first-order chi connectivity index (χ1) is 7.62. The Balaban J connectivity index is 2.62. The molecule has 4 heteroatoms. The molecule has 81 valence electrons. The summed E-state index contributed by atoms with van der Waals surface area (Å²) in [6, 6.07) is 15.8. The summed E-state index contributed by atoms with van der Waals surface area (Å²) in [4.78, 5) is 0.555. The molecule has 0 unspecified atom stereocenters. The number of hydrogen-bond acceptors (Lipinski definition) is 2. The van der Waals surface area contributed by atoms with Crippen molar-refractivity contribution in [2.24, 2.45) is 0 Å². The SMILES string of the molecule is O=S(=O)(c1cc[c]cc1)c1ccccc1Br. The normalized spacial score (nSPS) is 11.3. The number of sulfone groups is 1. The first-order valence-electron chi connectivity index (χ1n) is 4.58. The first kappa shape index (κ1) is 11.4. The van der Waals surface area contributed by atoms with Gasteiger partial charge >= 0.3 is 0 Å². The molecule has 16 heavy (non-hydrogen) atoms. The maximum absolute atomic E-state index is 12.2. The third-order valence-electron chi connectivity index (χ3n) is 2.12. The van der Waals surface area contributed by atoms with E-state index in [2.05, 4.69) is 22.0 Å². The van der Waals surface area contributed by atoms with Gasteiger partial charge in [0.2, 0.25) is 9.84 Å². The van der Waals surface area contributed by atoms with E-state index in [0.29, 0.717) is 4.47 Å². The Kier molecular flexibility index (Phi) is 3.12. The first-order valence-corrected chi connectivity index (χ1v) is 6.86. The molecule has 0 saturated heterocycles. The van der Waals surface area contributed by atoms with E-state index in [1.54, 1.807) is 36.4 Å². The molecular weight excluding hydrogens is 288 g/mol. The molecule has 0 N–H and O–H groups in total. The van der Waals surface area contributed by atoms with Crippen LogP contribution in [0.25, 0.3) is 0 Å². The van der Waals surface area contributed by atoms with E-state index in [1.807, 2.05) is 0 Å². The lowest BCUT2D eigenvalue weighted by molar-refractivity contribution is 0.595. The molecule has 0 aliphatic heterocycles. The van der Waals surface area contributed by atoms with Crippen molar-refractivity contribution >= 4 is 25.8 Å². The predicted octanol–water partition coefficient (Wildman–Crippen LogP) is 3.08. The summed E-state index contributed by atoms with van der Waals surface area (Å²) in [7, 11) is -3.44. The van der Waals surface area contributed by atoms with Crippen LogP contribution in [-0.2, 0) is 9.84 Å². The highest BCUT2D eigenvalue weighted by molar-refractivity contribution is 9.10. The lowest BCUT2D eigenvalue weighted by Crippen LogP contribution is -2.02. The number of benzene rings is 2. The lowest BCUT2D eigenvalue weighted by Gasteiger charge is -2.05. The van der Waals surface area contributed by atoms with Gasteiger partial charge in [0.25, 0.3) is 0 Å². The average molecular weight is 296 g/mol. The Bertz CT molecular complexity index is 591. The maximum atomic E-state index is 12.2. The van der Waals surface area contributed by atoms with E-state index in [-0.39, 0.29) is 9.79 Å². The molecule has 0 aromatic heterocycles. The molecule has 2 aromatic rings. The molecule has 0 heterocycles. The van der Waals surface area contributed by atoms with E-state index in [4.69, 9.17) is 0 Å². The van der Waals surface area contributed by atoms with Gasteiger partial charge in [-0.25, -0.2) is 8.42 Å². The third-order valence-corrected chi connectivity index (χ3v) is 4.91. The van der Waals surface area contributed by atoms with Crippen LogP contribution in [0.5, 0.6) is 0 Å². The zero-order valence-corrected chi connectivity index (χ0v) is 10.6. The fraction of sp³-hybridized carbons (Fsp3) is 0. The van der Waals surface area contributed by atoms with Crippen molar-refractivity contribution in [1.82, 2.24) is 0 Å². The molecular formula is C12H8BrO2S. The Labute approximate surface area is 103 Å². The molecule has 0 aliphatic rings. The monoisotopic (exact) mass is 295 g/mol. The molecule has 2 nitrogen and oxygen atoms in total. The van der Waals surface area contributed by atoms with Crippen LogP contribution in [0.2, 0.25) is 0 Å². The molecule has 0 spiro atoms. The van der Waals surface area contributed by atoms with Gasteiger partial charge in [0, 0.05) is 4.47 Å². The smallest absolute Gasteiger partial charge is 0.207 e. The van der Waals surface area contributed by atoms with Crippen molar-refractivity contribution in [3.8, 4) is 0 Å². The third kappa shape index (κ3) is 2.03. The number of rotatable bonds is 2. The van der Waals surface area contributed by atoms with Gasteiger partial charge in [-0.15, -0.1) is 0 Å². The molecule has 0 aliphatic carbocycles. The zero-order chi connectivity index (χ0) is 11.6. The quantitative estimate of drug-likeness (QED) is 0.853. The van der Waals surface area contributed by atoms with Crippen molar-refractivity contribution in [2.75, 3.05) is 0 Å². The van der Waals surface area contributed by atoms with Crippen LogP contribution in [0.15, 0.2) is 62.8 Å². The second-order valence-electron chi connectivity index (χ2n) is 3.17. The van der Waals surface area contributed by atoms with Crippen molar-refractivity contribution in [3.63, 3.8) is 0 Å². The van der Waals surface area contributed by atoms with E-state index in [9.17, 15) is 8.42 Å². The van der Waals surface area contributed by atoms with E-state index in [1.165, 1.54) is 12.1 Å². The lowest BCUT2D eigenvalue weighted by atomic mass is 10.4. The van der Waals surface area contributed by atoms with Crippen LogP contribution >= 0.6 is 15.9 Å². The minimum Gasteiger partial charge on any atom is -0.218 e. The summed E-state index contributed by atoms with van der Waals surface area (Å²) in [5.41, 5.74) is 0. The Hall–Kier alpha value is -1.13. The standard InChI is InChI=1S/C12H8BrO2S/c13-11-8-4-5-9-12(11)16(14,15)10-6-2-1-3-7-10/h2-9H. The summed E-state index contributed by atoms with van der Waals surface area (Å²) < 4.78 is 25.0. The van der Waals surface area contributed by atoms with Gasteiger partial charge in [-0.05, 0) is 46.3 Å². The minimum absolute atomic E-state index is 0.276. The Morgan fingerprint density at radius 3 is 2.25 bits per heavy atom. The summed E-state index contributed by atoms with van der Waals surface area (Å²) >= 11 is 3.24. The van der Waals surface area contributed by atoms with Gasteiger partial charge in [0.15, 0.2) is 0 Å².